The van der Waals surface area contributed by atoms with E-state index in [0.29, 0.717) is 41.9 Å². The van der Waals surface area contributed by atoms with Gasteiger partial charge < -0.3 is 19.7 Å². The van der Waals surface area contributed by atoms with Crippen LogP contribution in [0.2, 0.25) is 0 Å². The van der Waals surface area contributed by atoms with Crippen molar-refractivity contribution in [3.63, 3.8) is 0 Å². The summed E-state index contributed by atoms with van der Waals surface area (Å²) in [5, 5.41) is 7.01. The second-order valence-electron chi connectivity index (χ2n) is 7.10. The Morgan fingerprint density at radius 2 is 1.84 bits per heavy atom. The van der Waals surface area contributed by atoms with Gasteiger partial charge in [0.05, 0.1) is 5.69 Å². The zero-order valence-corrected chi connectivity index (χ0v) is 17.7. The number of aromatic nitrogens is 3. The summed E-state index contributed by atoms with van der Waals surface area (Å²) in [6.45, 7) is 4.50. The highest BCUT2D eigenvalue weighted by molar-refractivity contribution is 5.97. The van der Waals surface area contributed by atoms with Gasteiger partial charge in [-0.1, -0.05) is 0 Å². The van der Waals surface area contributed by atoms with E-state index in [4.69, 9.17) is 9.47 Å². The standard InChI is InChI=1S/C22H22FN5O4/c1-3-27(13-20(29)25-16-6-9-18-19(12-16)32-11-10-31-18)22(30)21-24-14(2)28(26-21)17-7-4-15(23)5-8-17/h4-9,12H,3,10-11,13H2,1-2H3,(H,25,29). The molecule has 9 nitrogen and oxygen atoms in total. The molecular weight excluding hydrogens is 417 g/mol. The number of likely N-dealkylation sites (N-methyl/N-ethyl adjacent to an activating group) is 1. The van der Waals surface area contributed by atoms with Crippen molar-refractivity contribution in [1.82, 2.24) is 19.7 Å². The Morgan fingerprint density at radius 3 is 2.56 bits per heavy atom. The summed E-state index contributed by atoms with van der Waals surface area (Å²) in [5.74, 6) is 0.392. The van der Waals surface area contributed by atoms with Crippen molar-refractivity contribution in [2.24, 2.45) is 0 Å². The average molecular weight is 439 g/mol. The fourth-order valence-corrected chi connectivity index (χ4v) is 3.27. The number of halogens is 1. The van der Waals surface area contributed by atoms with E-state index in [1.54, 1.807) is 44.2 Å². The maximum Gasteiger partial charge on any atom is 0.294 e. The van der Waals surface area contributed by atoms with E-state index >= 15 is 0 Å². The number of hydrogen-bond acceptors (Lipinski definition) is 6. The Labute approximate surface area is 183 Å². The Bertz CT molecular complexity index is 1150. The van der Waals surface area contributed by atoms with Crippen LogP contribution in [0.1, 0.15) is 23.4 Å². The first kappa shape index (κ1) is 21.3. The number of aryl methyl sites for hydroxylation is 1. The summed E-state index contributed by atoms with van der Waals surface area (Å²) in [5.41, 5.74) is 1.12. The minimum Gasteiger partial charge on any atom is -0.486 e. The highest BCUT2D eigenvalue weighted by Crippen LogP contribution is 2.32. The molecular formula is C22H22FN5O4. The number of ether oxygens (including phenoxy) is 2. The van der Waals surface area contributed by atoms with Crippen LogP contribution in [-0.4, -0.2) is 57.8 Å². The first-order valence-corrected chi connectivity index (χ1v) is 10.1. The van der Waals surface area contributed by atoms with E-state index in [1.807, 2.05) is 0 Å². The summed E-state index contributed by atoms with van der Waals surface area (Å²) in [6, 6.07) is 10.8. The Morgan fingerprint density at radius 1 is 1.12 bits per heavy atom. The molecule has 1 aliphatic rings. The molecule has 0 fully saturated rings. The van der Waals surface area contributed by atoms with E-state index in [9.17, 15) is 14.0 Å². The molecule has 1 aliphatic heterocycles. The smallest absolute Gasteiger partial charge is 0.294 e. The lowest BCUT2D eigenvalue weighted by atomic mass is 10.2. The van der Waals surface area contributed by atoms with Crippen LogP contribution < -0.4 is 14.8 Å². The molecule has 3 aromatic rings. The van der Waals surface area contributed by atoms with Gasteiger partial charge in [0, 0.05) is 18.3 Å². The third-order valence-electron chi connectivity index (χ3n) is 4.86. The molecule has 2 aromatic carbocycles. The largest absolute Gasteiger partial charge is 0.486 e. The van der Waals surface area contributed by atoms with Crippen LogP contribution in [0.25, 0.3) is 5.69 Å². The highest BCUT2D eigenvalue weighted by atomic mass is 19.1. The SMILES string of the molecule is CCN(CC(=O)Nc1ccc2c(c1)OCCO2)C(=O)c1nc(C)n(-c2ccc(F)cc2)n1. The number of amides is 2. The zero-order valence-electron chi connectivity index (χ0n) is 17.7. The summed E-state index contributed by atoms with van der Waals surface area (Å²) < 4.78 is 25.6. The number of rotatable bonds is 6. The second-order valence-corrected chi connectivity index (χ2v) is 7.10. The third kappa shape index (κ3) is 4.53. The van der Waals surface area contributed by atoms with E-state index < -0.39 is 5.91 Å². The molecule has 10 heteroatoms. The number of fused-ring (bicyclic) bond motifs is 1. The van der Waals surface area contributed by atoms with E-state index in [1.165, 1.54) is 21.7 Å². The molecule has 32 heavy (non-hydrogen) atoms. The van der Waals surface area contributed by atoms with Crippen LogP contribution in [0.5, 0.6) is 11.5 Å². The Balaban J connectivity index is 1.44. The topological polar surface area (TPSA) is 98.6 Å². The van der Waals surface area contributed by atoms with Crippen molar-refractivity contribution in [2.75, 3.05) is 31.6 Å². The molecule has 166 valence electrons. The molecule has 1 aromatic heterocycles. The maximum atomic E-state index is 13.2. The van der Waals surface area contributed by atoms with Crippen LogP contribution in [0, 0.1) is 12.7 Å². The van der Waals surface area contributed by atoms with Crippen molar-refractivity contribution in [3.8, 4) is 17.2 Å². The van der Waals surface area contributed by atoms with E-state index in [0.717, 1.165) is 0 Å². The van der Waals surface area contributed by atoms with Crippen molar-refractivity contribution in [2.45, 2.75) is 13.8 Å². The van der Waals surface area contributed by atoms with Gasteiger partial charge in [0.1, 0.15) is 31.4 Å². The normalized spacial score (nSPS) is 12.3. The second kappa shape index (κ2) is 9.04. The van der Waals surface area contributed by atoms with E-state index in [2.05, 4.69) is 15.4 Å². The van der Waals surface area contributed by atoms with Gasteiger partial charge in [0.25, 0.3) is 5.91 Å². The monoisotopic (exact) mass is 439 g/mol. The van der Waals surface area contributed by atoms with Crippen LogP contribution in [0.15, 0.2) is 42.5 Å². The van der Waals surface area contributed by atoms with Gasteiger partial charge in [-0.15, -0.1) is 5.10 Å². The fourth-order valence-electron chi connectivity index (χ4n) is 3.27. The van der Waals surface area contributed by atoms with Crippen molar-refractivity contribution < 1.29 is 23.5 Å². The quantitative estimate of drug-likeness (QED) is 0.634. The number of carbonyl (C=O) groups is 2. The minimum absolute atomic E-state index is 0.0409. The van der Waals surface area contributed by atoms with Gasteiger partial charge in [0.15, 0.2) is 11.5 Å². The average Bonchev–Trinajstić information content (AvgIpc) is 3.19. The summed E-state index contributed by atoms with van der Waals surface area (Å²) >= 11 is 0. The van der Waals surface area contributed by atoms with Gasteiger partial charge in [-0.2, -0.15) is 0 Å². The molecule has 0 spiro atoms. The lowest BCUT2D eigenvalue weighted by molar-refractivity contribution is -0.116. The third-order valence-corrected chi connectivity index (χ3v) is 4.86. The molecule has 2 amide bonds. The predicted octanol–water partition coefficient (Wildman–Crippen LogP) is 2.59. The Kier molecular flexibility index (Phi) is 6.02. The number of hydrogen-bond donors (Lipinski definition) is 1. The highest BCUT2D eigenvalue weighted by Gasteiger charge is 2.23. The van der Waals surface area contributed by atoms with Gasteiger partial charge in [-0.05, 0) is 50.2 Å². The molecule has 2 heterocycles. The minimum atomic E-state index is -0.478. The molecule has 0 bridgehead atoms. The molecule has 0 saturated heterocycles. The number of benzene rings is 2. The number of nitrogens with zero attached hydrogens (tertiary/aromatic N) is 4. The molecule has 0 atom stereocenters. The molecule has 0 saturated carbocycles. The van der Waals surface area contributed by atoms with Crippen molar-refractivity contribution in [1.29, 1.82) is 0 Å². The molecule has 0 aliphatic carbocycles. The van der Waals surface area contributed by atoms with Crippen molar-refractivity contribution in [3.05, 3.63) is 59.9 Å². The Hall–Kier alpha value is -3.95. The maximum absolute atomic E-state index is 13.2. The number of carbonyl (C=O) groups excluding carboxylic acids is 2. The van der Waals surface area contributed by atoms with Crippen LogP contribution >= 0.6 is 0 Å². The first-order valence-electron chi connectivity index (χ1n) is 10.1. The van der Waals surface area contributed by atoms with Crippen molar-refractivity contribution >= 4 is 17.5 Å². The zero-order chi connectivity index (χ0) is 22.7. The first-order chi connectivity index (χ1) is 15.4. The van der Waals surface area contributed by atoms with Crippen LogP contribution in [0.3, 0.4) is 0 Å². The number of anilines is 1. The van der Waals surface area contributed by atoms with Gasteiger partial charge in [-0.25, -0.2) is 14.1 Å². The van der Waals surface area contributed by atoms with Crippen LogP contribution in [0.4, 0.5) is 10.1 Å². The molecule has 0 unspecified atom stereocenters. The predicted molar refractivity (Wildman–Crippen MR) is 114 cm³/mol. The van der Waals surface area contributed by atoms with Crippen LogP contribution in [-0.2, 0) is 4.79 Å². The lowest BCUT2D eigenvalue weighted by Gasteiger charge is -2.20. The fraction of sp³-hybridized carbons (Fsp3) is 0.273. The molecule has 0 radical (unpaired) electrons. The summed E-state index contributed by atoms with van der Waals surface area (Å²) in [4.78, 5) is 31.0. The van der Waals surface area contributed by atoms with Gasteiger partial charge in [0.2, 0.25) is 11.7 Å². The van der Waals surface area contributed by atoms with Gasteiger partial charge >= 0.3 is 0 Å². The molecule has 4 rings (SSSR count). The lowest BCUT2D eigenvalue weighted by Crippen LogP contribution is -2.38. The number of nitrogens with one attached hydrogen (secondary N) is 1. The van der Waals surface area contributed by atoms with E-state index in [-0.39, 0.29) is 30.6 Å². The summed E-state index contributed by atoms with van der Waals surface area (Å²) in [6.07, 6.45) is 0. The molecule has 1 N–H and O–H groups in total. The van der Waals surface area contributed by atoms with Gasteiger partial charge in [-0.3, -0.25) is 9.59 Å². The summed E-state index contributed by atoms with van der Waals surface area (Å²) in [7, 11) is 0.